The highest BCUT2D eigenvalue weighted by atomic mass is 16.5. The molecule has 0 unspecified atom stereocenters. The Hall–Kier alpha value is -4.07. The minimum absolute atomic E-state index is 0.417. The third kappa shape index (κ3) is 5.60. The molecular weight excluding hydrogens is 420 g/mol. The number of benzene rings is 2. The summed E-state index contributed by atoms with van der Waals surface area (Å²) in [7, 11) is 1.49. The number of carbonyl (C=O) groups excluding carboxylic acids is 2. The van der Waals surface area contributed by atoms with E-state index in [1.165, 1.54) is 13.3 Å². The summed E-state index contributed by atoms with van der Waals surface area (Å²) in [4.78, 5) is 24.4. The molecule has 2 amide bonds. The lowest BCUT2D eigenvalue weighted by atomic mass is 10.2. The maximum absolute atomic E-state index is 12.3. The predicted molar refractivity (Wildman–Crippen MR) is 129 cm³/mol. The molecule has 2 N–H and O–H groups in total. The molecule has 0 radical (unpaired) electrons. The number of aryl methyl sites for hydroxylation is 2. The summed E-state index contributed by atoms with van der Waals surface area (Å²) >= 11 is 0. The normalized spacial score (nSPS) is 10.8. The lowest BCUT2D eigenvalue weighted by Gasteiger charge is -2.11. The van der Waals surface area contributed by atoms with Crippen LogP contribution in [0.3, 0.4) is 0 Å². The van der Waals surface area contributed by atoms with Gasteiger partial charge in [0.2, 0.25) is 0 Å². The van der Waals surface area contributed by atoms with E-state index in [0.29, 0.717) is 18.0 Å². The van der Waals surface area contributed by atoms with E-state index in [1.807, 2.05) is 64.1 Å². The van der Waals surface area contributed by atoms with Crippen molar-refractivity contribution in [1.29, 1.82) is 0 Å². The number of hydrogen-bond acceptors (Lipinski definition) is 5. The molecule has 1 aromatic heterocycles. The summed E-state index contributed by atoms with van der Waals surface area (Å²) in [5.41, 5.74) is 7.38. The van der Waals surface area contributed by atoms with Gasteiger partial charge in [0.1, 0.15) is 11.5 Å². The molecule has 8 nitrogen and oxygen atoms in total. The van der Waals surface area contributed by atoms with Crippen LogP contribution in [-0.4, -0.2) is 36.3 Å². The van der Waals surface area contributed by atoms with Crippen molar-refractivity contribution in [3.63, 3.8) is 0 Å². The Balaban J connectivity index is 1.68. The van der Waals surface area contributed by atoms with Gasteiger partial charge in [-0.1, -0.05) is 6.07 Å². The van der Waals surface area contributed by atoms with Crippen molar-refractivity contribution in [2.24, 2.45) is 5.10 Å². The molecule has 0 spiro atoms. The van der Waals surface area contributed by atoms with Gasteiger partial charge in [-0.15, -0.1) is 0 Å². The second-order valence-corrected chi connectivity index (χ2v) is 7.45. The van der Waals surface area contributed by atoms with Crippen LogP contribution in [0.25, 0.3) is 5.69 Å². The molecule has 0 aliphatic heterocycles. The fourth-order valence-electron chi connectivity index (χ4n) is 3.48. The first-order chi connectivity index (χ1) is 15.8. The fourth-order valence-corrected chi connectivity index (χ4v) is 3.48. The van der Waals surface area contributed by atoms with E-state index < -0.39 is 11.8 Å². The molecular formula is C25H28N4O4. The van der Waals surface area contributed by atoms with Gasteiger partial charge in [-0.3, -0.25) is 9.59 Å². The van der Waals surface area contributed by atoms with Crippen LogP contribution in [0.4, 0.5) is 5.69 Å². The Morgan fingerprint density at radius 1 is 1.03 bits per heavy atom. The molecule has 0 bridgehead atoms. The number of nitrogens with one attached hydrogen (secondary N) is 2. The van der Waals surface area contributed by atoms with Crippen LogP contribution in [0.1, 0.15) is 29.4 Å². The van der Waals surface area contributed by atoms with Crippen molar-refractivity contribution >= 4 is 23.7 Å². The Morgan fingerprint density at radius 2 is 1.76 bits per heavy atom. The van der Waals surface area contributed by atoms with Crippen molar-refractivity contribution in [3.05, 3.63) is 71.0 Å². The van der Waals surface area contributed by atoms with Gasteiger partial charge in [0.05, 0.1) is 25.6 Å². The number of hydrogen-bond donors (Lipinski definition) is 2. The van der Waals surface area contributed by atoms with Gasteiger partial charge in [0.25, 0.3) is 0 Å². The van der Waals surface area contributed by atoms with E-state index in [1.54, 1.807) is 12.1 Å². The Labute approximate surface area is 193 Å². The first-order valence-electron chi connectivity index (χ1n) is 10.5. The van der Waals surface area contributed by atoms with E-state index >= 15 is 0 Å². The highest BCUT2D eigenvalue weighted by molar-refractivity contribution is 6.39. The molecule has 33 heavy (non-hydrogen) atoms. The van der Waals surface area contributed by atoms with Crippen LogP contribution >= 0.6 is 0 Å². The van der Waals surface area contributed by atoms with Crippen LogP contribution in [0.5, 0.6) is 11.5 Å². The number of anilines is 1. The summed E-state index contributed by atoms with van der Waals surface area (Å²) < 4.78 is 12.8. The monoisotopic (exact) mass is 448 g/mol. The predicted octanol–water partition coefficient (Wildman–Crippen LogP) is 3.90. The van der Waals surface area contributed by atoms with Crippen molar-refractivity contribution in [2.45, 2.75) is 27.7 Å². The first kappa shape index (κ1) is 23.6. The fraction of sp³-hybridized carbons (Fsp3) is 0.240. The Kier molecular flexibility index (Phi) is 7.50. The molecule has 0 atom stereocenters. The van der Waals surface area contributed by atoms with Gasteiger partial charge in [0, 0.05) is 22.6 Å². The summed E-state index contributed by atoms with van der Waals surface area (Å²) in [6.07, 6.45) is 1.52. The van der Waals surface area contributed by atoms with Gasteiger partial charge < -0.3 is 19.4 Å². The van der Waals surface area contributed by atoms with E-state index in [9.17, 15) is 9.59 Å². The van der Waals surface area contributed by atoms with Gasteiger partial charge in [-0.05, 0) is 75.7 Å². The van der Waals surface area contributed by atoms with Crippen LogP contribution in [0.2, 0.25) is 0 Å². The summed E-state index contributed by atoms with van der Waals surface area (Å²) in [6.45, 7) is 8.39. The molecule has 0 saturated heterocycles. The zero-order chi connectivity index (χ0) is 24.0. The molecule has 1 heterocycles. The zero-order valence-electron chi connectivity index (χ0n) is 19.4. The lowest BCUT2D eigenvalue weighted by Crippen LogP contribution is -2.32. The van der Waals surface area contributed by atoms with Gasteiger partial charge in [-0.2, -0.15) is 5.10 Å². The maximum atomic E-state index is 12.3. The van der Waals surface area contributed by atoms with E-state index in [2.05, 4.69) is 20.4 Å². The van der Waals surface area contributed by atoms with E-state index in [-0.39, 0.29) is 0 Å². The molecule has 172 valence electrons. The number of methoxy groups -OCH3 is 1. The van der Waals surface area contributed by atoms with Crippen molar-refractivity contribution in [3.8, 4) is 17.2 Å². The zero-order valence-corrected chi connectivity index (χ0v) is 19.4. The van der Waals surface area contributed by atoms with E-state index in [4.69, 9.17) is 9.47 Å². The Bertz CT molecular complexity index is 1180. The van der Waals surface area contributed by atoms with Crippen LogP contribution in [0, 0.1) is 20.8 Å². The number of rotatable bonds is 7. The van der Waals surface area contributed by atoms with Gasteiger partial charge in [0.15, 0.2) is 0 Å². The summed E-state index contributed by atoms with van der Waals surface area (Å²) in [5.74, 6) is -0.437. The topological polar surface area (TPSA) is 94.0 Å². The average Bonchev–Trinajstić information content (AvgIpc) is 3.07. The average molecular weight is 449 g/mol. The SMILES string of the molecule is CCOc1ccc(-n2c(C)cc(/C=N\NC(=O)C(=O)Nc3cc(C)ccc3OC)c2C)cc1. The summed E-state index contributed by atoms with van der Waals surface area (Å²) in [5, 5.41) is 6.51. The maximum Gasteiger partial charge on any atom is 0.329 e. The van der Waals surface area contributed by atoms with E-state index in [0.717, 1.165) is 34.0 Å². The van der Waals surface area contributed by atoms with Crippen LogP contribution in [0.15, 0.2) is 53.6 Å². The molecule has 0 aliphatic carbocycles. The van der Waals surface area contributed by atoms with Crippen molar-refractivity contribution < 1.29 is 19.1 Å². The lowest BCUT2D eigenvalue weighted by molar-refractivity contribution is -0.136. The second kappa shape index (κ2) is 10.5. The number of carbonyl (C=O) groups is 2. The number of amides is 2. The Morgan fingerprint density at radius 3 is 2.42 bits per heavy atom. The van der Waals surface area contributed by atoms with Crippen molar-refractivity contribution in [2.75, 3.05) is 19.0 Å². The number of ether oxygens (including phenoxy) is 2. The number of nitrogens with zero attached hydrogens (tertiary/aromatic N) is 2. The van der Waals surface area contributed by atoms with Crippen LogP contribution < -0.4 is 20.2 Å². The second-order valence-electron chi connectivity index (χ2n) is 7.45. The standard InChI is InChI=1S/C25H28N4O4/c1-6-33-21-10-8-20(9-11-21)29-17(3)14-19(18(29)4)15-26-28-25(31)24(30)27-22-13-16(2)7-12-23(22)32-5/h7-15H,6H2,1-5H3,(H,27,30)(H,28,31)/b26-15-. The molecule has 8 heteroatoms. The van der Waals surface area contributed by atoms with Crippen LogP contribution in [-0.2, 0) is 9.59 Å². The van der Waals surface area contributed by atoms with Crippen molar-refractivity contribution in [1.82, 2.24) is 9.99 Å². The third-order valence-electron chi connectivity index (χ3n) is 5.06. The minimum Gasteiger partial charge on any atom is -0.495 e. The quantitative estimate of drug-likeness (QED) is 0.326. The summed E-state index contributed by atoms with van der Waals surface area (Å²) in [6, 6.07) is 15.1. The third-order valence-corrected chi connectivity index (χ3v) is 5.06. The molecule has 0 saturated carbocycles. The minimum atomic E-state index is -0.880. The number of aromatic nitrogens is 1. The first-order valence-corrected chi connectivity index (χ1v) is 10.5. The highest BCUT2D eigenvalue weighted by Gasteiger charge is 2.16. The number of hydrazone groups is 1. The largest absolute Gasteiger partial charge is 0.495 e. The highest BCUT2D eigenvalue weighted by Crippen LogP contribution is 2.25. The smallest absolute Gasteiger partial charge is 0.329 e. The van der Waals surface area contributed by atoms with Gasteiger partial charge >= 0.3 is 11.8 Å². The molecule has 3 aromatic rings. The molecule has 0 aliphatic rings. The molecule has 3 rings (SSSR count). The molecule has 0 fully saturated rings. The molecule has 2 aromatic carbocycles. The van der Waals surface area contributed by atoms with Gasteiger partial charge in [-0.25, -0.2) is 5.43 Å².